The second-order valence-corrected chi connectivity index (χ2v) is 9.86. The number of nitrogens with zero attached hydrogens (tertiary/aromatic N) is 1. The fourth-order valence-corrected chi connectivity index (χ4v) is 5.16. The first-order valence-corrected chi connectivity index (χ1v) is 11.4. The maximum Gasteiger partial charge on any atom is 0.490 e. The molecule has 1 spiro atoms. The van der Waals surface area contributed by atoms with Gasteiger partial charge in [-0.1, -0.05) is 0 Å². The number of ether oxygens (including phenoxy) is 3. The molecule has 4 heterocycles. The summed E-state index contributed by atoms with van der Waals surface area (Å²) in [5.74, 6) is -2.08. The second-order valence-electron chi connectivity index (χ2n) is 8.49. The van der Waals surface area contributed by atoms with Gasteiger partial charge in [-0.2, -0.15) is 13.2 Å². The topological polar surface area (TPSA) is 68.2 Å². The molecule has 1 aromatic rings. The molecule has 3 aliphatic rings. The number of carboxylic acids is 1. The summed E-state index contributed by atoms with van der Waals surface area (Å²) in [7, 11) is 0. The molecule has 0 bridgehead atoms. The van der Waals surface area contributed by atoms with Crippen LogP contribution in [0.2, 0.25) is 0 Å². The Kier molecular flexibility index (Phi) is 8.37. The van der Waals surface area contributed by atoms with Crippen LogP contribution in [0.25, 0.3) is 0 Å². The third-order valence-electron chi connectivity index (χ3n) is 5.90. The SMILES string of the molecule is Cc1ccc(CN2CC[C@]3(C[C@@H](OCC4CCOCC4)CO3)C2)s1.O=C(O)C(F)(F)F. The van der Waals surface area contributed by atoms with Crippen molar-refractivity contribution in [3.63, 3.8) is 0 Å². The third-order valence-corrected chi connectivity index (χ3v) is 6.88. The third kappa shape index (κ3) is 7.42. The first-order chi connectivity index (χ1) is 14.7. The molecule has 0 amide bonds. The lowest BCUT2D eigenvalue weighted by Gasteiger charge is -2.24. The molecule has 1 N–H and O–H groups in total. The zero-order valence-electron chi connectivity index (χ0n) is 17.7. The van der Waals surface area contributed by atoms with E-state index in [1.54, 1.807) is 0 Å². The summed E-state index contributed by atoms with van der Waals surface area (Å²) in [6.07, 6.45) is -0.291. The Labute approximate surface area is 184 Å². The molecular formula is C21H30F3NO5S. The monoisotopic (exact) mass is 465 g/mol. The van der Waals surface area contributed by atoms with E-state index in [-0.39, 0.29) is 11.7 Å². The molecule has 3 fully saturated rings. The van der Waals surface area contributed by atoms with Crippen molar-refractivity contribution in [2.24, 2.45) is 5.92 Å². The normalized spacial score (nSPS) is 27.4. The van der Waals surface area contributed by atoms with E-state index in [4.69, 9.17) is 24.1 Å². The lowest BCUT2D eigenvalue weighted by molar-refractivity contribution is -0.192. The zero-order chi connectivity index (χ0) is 22.5. The van der Waals surface area contributed by atoms with Crippen molar-refractivity contribution in [1.29, 1.82) is 0 Å². The van der Waals surface area contributed by atoms with Crippen LogP contribution in [0.4, 0.5) is 13.2 Å². The molecule has 10 heteroatoms. The molecule has 1 aromatic heterocycles. The Morgan fingerprint density at radius 3 is 2.68 bits per heavy atom. The predicted molar refractivity (Wildman–Crippen MR) is 109 cm³/mol. The number of aryl methyl sites for hydroxylation is 1. The van der Waals surface area contributed by atoms with Gasteiger partial charge in [0.25, 0.3) is 0 Å². The van der Waals surface area contributed by atoms with Crippen LogP contribution in [0.15, 0.2) is 12.1 Å². The Balaban J connectivity index is 0.000000339. The van der Waals surface area contributed by atoms with Gasteiger partial charge in [-0.3, -0.25) is 4.90 Å². The van der Waals surface area contributed by atoms with E-state index in [0.29, 0.717) is 5.92 Å². The fourth-order valence-electron chi connectivity index (χ4n) is 4.23. The number of halogens is 3. The van der Waals surface area contributed by atoms with Crippen LogP contribution in [-0.4, -0.2) is 73.4 Å². The molecular weight excluding hydrogens is 435 g/mol. The number of rotatable bonds is 5. The maximum atomic E-state index is 10.6. The molecule has 4 rings (SSSR count). The highest BCUT2D eigenvalue weighted by molar-refractivity contribution is 7.11. The van der Waals surface area contributed by atoms with E-state index in [0.717, 1.165) is 71.7 Å². The van der Waals surface area contributed by atoms with Gasteiger partial charge in [-0.05, 0) is 44.2 Å². The molecule has 0 unspecified atom stereocenters. The van der Waals surface area contributed by atoms with Crippen molar-refractivity contribution in [3.8, 4) is 0 Å². The molecule has 3 saturated heterocycles. The van der Waals surface area contributed by atoms with Crippen molar-refractivity contribution in [2.45, 2.75) is 57.0 Å². The number of hydrogen-bond acceptors (Lipinski definition) is 6. The van der Waals surface area contributed by atoms with Crippen LogP contribution in [0.3, 0.4) is 0 Å². The number of likely N-dealkylation sites (tertiary alicyclic amines) is 1. The molecule has 0 saturated carbocycles. The molecule has 176 valence electrons. The second kappa shape index (κ2) is 10.6. The van der Waals surface area contributed by atoms with Gasteiger partial charge in [0.05, 0.1) is 24.9 Å². The van der Waals surface area contributed by atoms with E-state index in [1.807, 2.05) is 11.3 Å². The van der Waals surface area contributed by atoms with Crippen molar-refractivity contribution in [1.82, 2.24) is 4.90 Å². The minimum atomic E-state index is -5.08. The van der Waals surface area contributed by atoms with Gasteiger partial charge in [-0.15, -0.1) is 11.3 Å². The van der Waals surface area contributed by atoms with E-state index >= 15 is 0 Å². The Morgan fingerprint density at radius 2 is 2.06 bits per heavy atom. The van der Waals surface area contributed by atoms with Gasteiger partial charge in [0.15, 0.2) is 0 Å². The summed E-state index contributed by atoms with van der Waals surface area (Å²) >= 11 is 1.91. The first kappa shape index (κ1) is 24.4. The van der Waals surface area contributed by atoms with Crippen molar-refractivity contribution in [3.05, 3.63) is 21.9 Å². The average Bonchev–Trinajstić information content (AvgIpc) is 3.42. The average molecular weight is 466 g/mol. The molecule has 0 aromatic carbocycles. The number of aliphatic carboxylic acids is 1. The number of carboxylic acid groups (broad SMARTS) is 1. The number of alkyl halides is 3. The van der Waals surface area contributed by atoms with E-state index in [9.17, 15) is 13.2 Å². The van der Waals surface area contributed by atoms with Crippen LogP contribution >= 0.6 is 11.3 Å². The van der Waals surface area contributed by atoms with Gasteiger partial charge < -0.3 is 19.3 Å². The van der Waals surface area contributed by atoms with E-state index < -0.39 is 12.1 Å². The van der Waals surface area contributed by atoms with E-state index in [2.05, 4.69) is 24.0 Å². The highest BCUT2D eigenvalue weighted by atomic mass is 32.1. The largest absolute Gasteiger partial charge is 0.490 e. The van der Waals surface area contributed by atoms with E-state index in [1.165, 1.54) is 9.75 Å². The fraction of sp³-hybridized carbons (Fsp3) is 0.762. The minimum absolute atomic E-state index is 0.0483. The molecule has 31 heavy (non-hydrogen) atoms. The molecule has 6 nitrogen and oxygen atoms in total. The van der Waals surface area contributed by atoms with Crippen molar-refractivity contribution >= 4 is 17.3 Å². The van der Waals surface area contributed by atoms with Crippen LogP contribution in [0.1, 0.15) is 35.4 Å². The Bertz CT molecular complexity index is 722. The first-order valence-electron chi connectivity index (χ1n) is 10.6. The van der Waals surface area contributed by atoms with Gasteiger partial charge in [0, 0.05) is 49.0 Å². The summed E-state index contributed by atoms with van der Waals surface area (Å²) < 4.78 is 49.6. The molecule has 0 aliphatic carbocycles. The Morgan fingerprint density at radius 1 is 1.35 bits per heavy atom. The van der Waals surface area contributed by atoms with Crippen molar-refractivity contribution in [2.75, 3.05) is 39.5 Å². The Hall–Kier alpha value is -1.20. The number of carbonyl (C=O) groups is 1. The van der Waals surface area contributed by atoms with Crippen LogP contribution in [0, 0.1) is 12.8 Å². The number of thiophene rings is 1. The molecule has 0 radical (unpaired) electrons. The lowest BCUT2D eigenvalue weighted by Crippen LogP contribution is -2.33. The minimum Gasteiger partial charge on any atom is -0.475 e. The smallest absolute Gasteiger partial charge is 0.475 e. The predicted octanol–water partition coefficient (Wildman–Crippen LogP) is 3.87. The highest BCUT2D eigenvalue weighted by Crippen LogP contribution is 2.37. The van der Waals surface area contributed by atoms with Crippen LogP contribution < -0.4 is 0 Å². The highest BCUT2D eigenvalue weighted by Gasteiger charge is 2.46. The van der Waals surface area contributed by atoms with Crippen LogP contribution in [-0.2, 0) is 25.5 Å². The van der Waals surface area contributed by atoms with Gasteiger partial charge >= 0.3 is 12.1 Å². The summed E-state index contributed by atoms with van der Waals surface area (Å²) in [4.78, 5) is 14.3. The van der Waals surface area contributed by atoms with Crippen molar-refractivity contribution < 1.29 is 37.3 Å². The zero-order valence-corrected chi connectivity index (χ0v) is 18.5. The standard InChI is InChI=1S/C19H29NO3S.C2HF3O2/c1-15-2-3-18(24-15)11-20-7-6-19(14-20)10-17(13-23-19)22-12-16-4-8-21-9-5-16;3-2(4,5)1(6)7/h2-3,16-17H,4-14H2,1H3;(H,6,7)/t17-,19+;/m1./s1. The summed E-state index contributed by atoms with van der Waals surface area (Å²) in [6.45, 7) is 8.90. The molecule has 2 atom stereocenters. The molecule has 3 aliphatic heterocycles. The summed E-state index contributed by atoms with van der Waals surface area (Å²) in [6, 6.07) is 4.48. The summed E-state index contributed by atoms with van der Waals surface area (Å²) in [5.41, 5.74) is 0.0483. The van der Waals surface area contributed by atoms with Gasteiger partial charge in [-0.25, -0.2) is 4.79 Å². The van der Waals surface area contributed by atoms with Gasteiger partial charge in [0.1, 0.15) is 0 Å². The van der Waals surface area contributed by atoms with Gasteiger partial charge in [0.2, 0.25) is 0 Å². The number of hydrogen-bond donors (Lipinski definition) is 1. The van der Waals surface area contributed by atoms with Crippen LogP contribution in [0.5, 0.6) is 0 Å². The summed E-state index contributed by atoms with van der Waals surface area (Å²) in [5, 5.41) is 7.12. The lowest BCUT2D eigenvalue weighted by atomic mass is 9.98. The quantitative estimate of drug-likeness (QED) is 0.712. The maximum absolute atomic E-state index is 10.6.